The van der Waals surface area contributed by atoms with Crippen molar-refractivity contribution in [3.63, 3.8) is 0 Å². The van der Waals surface area contributed by atoms with Crippen LogP contribution in [0.3, 0.4) is 0 Å². The Hall–Kier alpha value is -3.45. The summed E-state index contributed by atoms with van der Waals surface area (Å²) in [6.07, 6.45) is 1.67. The van der Waals surface area contributed by atoms with Crippen LogP contribution in [0.2, 0.25) is 0 Å². The van der Waals surface area contributed by atoms with Crippen molar-refractivity contribution < 1.29 is 14.3 Å². The fraction of sp³-hybridized carbons (Fsp3) is 0.393. The minimum atomic E-state index is 0.106. The molecule has 0 saturated carbocycles. The van der Waals surface area contributed by atoms with Crippen LogP contribution < -0.4 is 9.64 Å². The summed E-state index contributed by atoms with van der Waals surface area (Å²) in [7, 11) is 0. The van der Waals surface area contributed by atoms with E-state index in [1.54, 1.807) is 0 Å². The molecule has 0 spiro atoms. The zero-order valence-electron chi connectivity index (χ0n) is 20.4. The van der Waals surface area contributed by atoms with E-state index in [0.29, 0.717) is 19.0 Å². The number of rotatable bonds is 5. The highest BCUT2D eigenvalue weighted by molar-refractivity contribution is 5.97. The quantitative estimate of drug-likeness (QED) is 0.534. The summed E-state index contributed by atoms with van der Waals surface area (Å²) in [6.45, 7) is 8.57. The van der Waals surface area contributed by atoms with Crippen molar-refractivity contribution >= 4 is 11.6 Å². The summed E-state index contributed by atoms with van der Waals surface area (Å²) >= 11 is 0. The number of hydrogen-bond acceptors (Lipinski definition) is 6. The van der Waals surface area contributed by atoms with Crippen LogP contribution in [0.25, 0.3) is 0 Å². The monoisotopic (exact) mass is 472 g/mol. The highest BCUT2D eigenvalue weighted by atomic mass is 16.5. The van der Waals surface area contributed by atoms with Crippen molar-refractivity contribution in [3.8, 4) is 11.6 Å². The molecule has 2 saturated heterocycles. The second-order valence-corrected chi connectivity index (χ2v) is 9.24. The van der Waals surface area contributed by atoms with Crippen LogP contribution in [0.1, 0.15) is 46.2 Å². The number of amides is 1. The molecule has 2 aromatic carbocycles. The van der Waals surface area contributed by atoms with Crippen LogP contribution in [0.4, 0.5) is 5.69 Å². The average Bonchev–Trinajstić information content (AvgIpc) is 2.89. The van der Waals surface area contributed by atoms with Gasteiger partial charge in [0.25, 0.3) is 5.91 Å². The van der Waals surface area contributed by atoms with E-state index in [2.05, 4.69) is 17.9 Å². The van der Waals surface area contributed by atoms with Crippen LogP contribution in [0, 0.1) is 13.8 Å². The smallest absolute Gasteiger partial charge is 0.254 e. The third-order valence-electron chi connectivity index (χ3n) is 6.85. The molecule has 1 amide bonds. The minimum absolute atomic E-state index is 0.106. The van der Waals surface area contributed by atoms with Gasteiger partial charge in [0.2, 0.25) is 5.88 Å². The first-order valence-electron chi connectivity index (χ1n) is 12.4. The Morgan fingerprint density at radius 2 is 1.69 bits per heavy atom. The molecule has 0 aliphatic carbocycles. The number of para-hydroxylation sites is 1. The highest BCUT2D eigenvalue weighted by Crippen LogP contribution is 2.31. The maximum absolute atomic E-state index is 13.4. The molecule has 2 aliphatic heterocycles. The number of piperidine rings is 1. The van der Waals surface area contributed by atoms with Gasteiger partial charge in [0, 0.05) is 55.1 Å². The van der Waals surface area contributed by atoms with Crippen LogP contribution >= 0.6 is 0 Å². The molecule has 0 unspecified atom stereocenters. The molecule has 2 fully saturated rings. The Bertz CT molecular complexity index is 1170. The lowest BCUT2D eigenvalue weighted by molar-refractivity contribution is 0.0710. The van der Waals surface area contributed by atoms with E-state index in [4.69, 9.17) is 19.4 Å². The van der Waals surface area contributed by atoms with Gasteiger partial charge in [-0.25, -0.2) is 4.98 Å². The van der Waals surface area contributed by atoms with E-state index in [0.717, 1.165) is 73.2 Å². The molecule has 5 rings (SSSR count). The van der Waals surface area contributed by atoms with Crippen LogP contribution in [-0.2, 0) is 4.74 Å². The van der Waals surface area contributed by atoms with E-state index in [1.165, 1.54) is 0 Å². The lowest BCUT2D eigenvalue weighted by atomic mass is 9.94. The molecule has 2 aliphatic rings. The van der Waals surface area contributed by atoms with Gasteiger partial charge in [-0.1, -0.05) is 24.3 Å². The molecule has 3 heterocycles. The van der Waals surface area contributed by atoms with E-state index in [9.17, 15) is 4.79 Å². The molecule has 7 heteroatoms. The number of morpholine rings is 1. The minimum Gasteiger partial charge on any atom is -0.439 e. The maximum Gasteiger partial charge on any atom is 0.254 e. The number of aryl methyl sites for hydroxylation is 1. The van der Waals surface area contributed by atoms with Gasteiger partial charge in [0.05, 0.1) is 13.2 Å². The van der Waals surface area contributed by atoms with E-state index in [1.807, 2.05) is 60.4 Å². The van der Waals surface area contributed by atoms with Gasteiger partial charge < -0.3 is 19.3 Å². The first-order chi connectivity index (χ1) is 17.1. The van der Waals surface area contributed by atoms with Crippen molar-refractivity contribution in [1.29, 1.82) is 0 Å². The van der Waals surface area contributed by atoms with Crippen molar-refractivity contribution in [2.24, 2.45) is 0 Å². The van der Waals surface area contributed by atoms with Gasteiger partial charge in [-0.2, -0.15) is 4.98 Å². The maximum atomic E-state index is 13.4. The summed E-state index contributed by atoms with van der Waals surface area (Å²) in [5, 5.41) is 0. The molecule has 35 heavy (non-hydrogen) atoms. The van der Waals surface area contributed by atoms with E-state index in [-0.39, 0.29) is 11.8 Å². The second-order valence-electron chi connectivity index (χ2n) is 9.24. The van der Waals surface area contributed by atoms with Crippen molar-refractivity contribution in [2.75, 3.05) is 44.3 Å². The van der Waals surface area contributed by atoms with Gasteiger partial charge in [-0.05, 0) is 56.5 Å². The van der Waals surface area contributed by atoms with Crippen molar-refractivity contribution in [1.82, 2.24) is 14.9 Å². The third-order valence-corrected chi connectivity index (χ3v) is 6.85. The lowest BCUT2D eigenvalue weighted by Gasteiger charge is -2.33. The SMILES string of the molecule is Cc1cc(Oc2ccccc2)nc(C2CCN(C(=O)c3cccc(N4CCOCC4)c3C)CC2)n1. The molecule has 0 atom stereocenters. The van der Waals surface area contributed by atoms with Crippen molar-refractivity contribution in [2.45, 2.75) is 32.6 Å². The fourth-order valence-corrected chi connectivity index (χ4v) is 4.92. The Kier molecular flexibility index (Phi) is 6.95. The fourth-order valence-electron chi connectivity index (χ4n) is 4.92. The van der Waals surface area contributed by atoms with E-state index >= 15 is 0 Å². The Morgan fingerprint density at radius 1 is 0.943 bits per heavy atom. The number of nitrogens with zero attached hydrogens (tertiary/aromatic N) is 4. The molecule has 182 valence electrons. The van der Waals surface area contributed by atoms with Gasteiger partial charge in [0.1, 0.15) is 11.6 Å². The Balaban J connectivity index is 1.26. The number of carbonyl (C=O) groups is 1. The molecule has 1 aromatic heterocycles. The largest absolute Gasteiger partial charge is 0.439 e. The summed E-state index contributed by atoms with van der Waals surface area (Å²) in [4.78, 5) is 27.1. The highest BCUT2D eigenvalue weighted by Gasteiger charge is 2.28. The van der Waals surface area contributed by atoms with Gasteiger partial charge in [-0.15, -0.1) is 0 Å². The van der Waals surface area contributed by atoms with E-state index < -0.39 is 0 Å². The normalized spacial score (nSPS) is 16.9. The van der Waals surface area contributed by atoms with Crippen LogP contribution in [-0.4, -0.2) is 60.2 Å². The Labute approximate surface area is 206 Å². The number of likely N-dealkylation sites (tertiary alicyclic amines) is 1. The van der Waals surface area contributed by atoms with Crippen LogP contribution in [0.5, 0.6) is 11.6 Å². The zero-order chi connectivity index (χ0) is 24.2. The first kappa shape index (κ1) is 23.3. The van der Waals surface area contributed by atoms with Gasteiger partial charge in [0.15, 0.2) is 0 Å². The molecule has 7 nitrogen and oxygen atoms in total. The van der Waals surface area contributed by atoms with Crippen LogP contribution in [0.15, 0.2) is 54.6 Å². The number of hydrogen-bond donors (Lipinski definition) is 0. The van der Waals surface area contributed by atoms with Gasteiger partial charge >= 0.3 is 0 Å². The number of benzene rings is 2. The van der Waals surface area contributed by atoms with Gasteiger partial charge in [-0.3, -0.25) is 4.79 Å². The predicted octanol–water partition coefficient (Wildman–Crippen LogP) is 4.74. The van der Waals surface area contributed by atoms with Crippen molar-refractivity contribution in [3.05, 3.63) is 77.2 Å². The molecular formula is C28H32N4O3. The Morgan fingerprint density at radius 3 is 2.43 bits per heavy atom. The summed E-state index contributed by atoms with van der Waals surface area (Å²) in [5.41, 5.74) is 3.85. The number of ether oxygens (including phenoxy) is 2. The molecule has 3 aromatic rings. The molecule has 0 radical (unpaired) electrons. The summed E-state index contributed by atoms with van der Waals surface area (Å²) in [5.74, 6) is 2.43. The first-order valence-corrected chi connectivity index (χ1v) is 12.4. The lowest BCUT2D eigenvalue weighted by Crippen LogP contribution is -2.39. The molecule has 0 bridgehead atoms. The molecule has 0 N–H and O–H groups in total. The predicted molar refractivity (Wildman–Crippen MR) is 135 cm³/mol. The number of carbonyl (C=O) groups excluding carboxylic acids is 1. The average molecular weight is 473 g/mol. The molecular weight excluding hydrogens is 440 g/mol. The third kappa shape index (κ3) is 5.30. The topological polar surface area (TPSA) is 67.8 Å². The summed E-state index contributed by atoms with van der Waals surface area (Å²) in [6, 6.07) is 17.6. The zero-order valence-corrected chi connectivity index (χ0v) is 20.4. The number of aromatic nitrogens is 2. The second kappa shape index (κ2) is 10.4. The standard InChI is InChI=1S/C28H32N4O3/c1-20-19-26(35-23-7-4-3-5-8-23)30-27(29-20)22-11-13-32(14-12-22)28(33)24-9-6-10-25(21(24)2)31-15-17-34-18-16-31/h3-10,19,22H,11-18H2,1-2H3. The number of anilines is 1. The summed E-state index contributed by atoms with van der Waals surface area (Å²) < 4.78 is 11.4.